The Hall–Kier alpha value is -3.46. The standard InChI is InChI=1S/C28H27NO2/c1-2-21-11-13-24(14-12-21)29(19-22-15-17-30-27-9-5-3-7-25(22)27)20-23-16-18-31-28-10-6-4-8-26(23)28/h3-14,19-20H,2,15-18H2,1H3. The van der Waals surface area contributed by atoms with Gasteiger partial charge in [0.2, 0.25) is 0 Å². The van der Waals surface area contributed by atoms with Crippen LogP contribution in [0.1, 0.15) is 36.5 Å². The molecule has 156 valence electrons. The van der Waals surface area contributed by atoms with E-state index in [2.05, 4.69) is 84.9 Å². The van der Waals surface area contributed by atoms with Gasteiger partial charge in [-0.15, -0.1) is 0 Å². The summed E-state index contributed by atoms with van der Waals surface area (Å²) in [6.45, 7) is 3.60. The summed E-state index contributed by atoms with van der Waals surface area (Å²) in [5.41, 5.74) is 7.43. The lowest BCUT2D eigenvalue weighted by Gasteiger charge is -2.26. The fourth-order valence-electron chi connectivity index (χ4n) is 4.22. The van der Waals surface area contributed by atoms with E-state index in [9.17, 15) is 0 Å². The summed E-state index contributed by atoms with van der Waals surface area (Å²) in [4.78, 5) is 2.27. The van der Waals surface area contributed by atoms with Gasteiger partial charge in [0.1, 0.15) is 11.5 Å². The van der Waals surface area contributed by atoms with Crippen molar-refractivity contribution in [3.05, 3.63) is 102 Å². The Morgan fingerprint density at radius 3 is 1.74 bits per heavy atom. The van der Waals surface area contributed by atoms with Gasteiger partial charge in [0.15, 0.2) is 0 Å². The molecule has 2 heterocycles. The van der Waals surface area contributed by atoms with Crippen LogP contribution in [-0.4, -0.2) is 13.2 Å². The number of para-hydroxylation sites is 2. The molecule has 0 unspecified atom stereocenters. The number of ether oxygens (including phenoxy) is 2. The van der Waals surface area contributed by atoms with Crippen LogP contribution in [-0.2, 0) is 6.42 Å². The lowest BCUT2D eigenvalue weighted by Crippen LogP contribution is -2.15. The number of fused-ring (bicyclic) bond motifs is 2. The van der Waals surface area contributed by atoms with Crippen LogP contribution in [0.2, 0.25) is 0 Å². The van der Waals surface area contributed by atoms with E-state index in [0.717, 1.165) is 36.4 Å². The van der Waals surface area contributed by atoms with Gasteiger partial charge in [0.25, 0.3) is 0 Å². The molecular formula is C28H27NO2. The van der Waals surface area contributed by atoms with E-state index in [1.165, 1.54) is 27.8 Å². The summed E-state index contributed by atoms with van der Waals surface area (Å²) in [7, 11) is 0. The van der Waals surface area contributed by atoms with Crippen LogP contribution < -0.4 is 14.4 Å². The van der Waals surface area contributed by atoms with Crippen LogP contribution in [0.5, 0.6) is 11.5 Å². The molecule has 0 radical (unpaired) electrons. The van der Waals surface area contributed by atoms with Gasteiger partial charge in [0.05, 0.1) is 13.2 Å². The molecule has 3 aromatic rings. The van der Waals surface area contributed by atoms with E-state index in [0.29, 0.717) is 13.2 Å². The Morgan fingerprint density at radius 2 is 1.23 bits per heavy atom. The number of aryl methyl sites for hydroxylation is 1. The third kappa shape index (κ3) is 4.09. The normalized spacial score (nSPS) is 17.5. The average molecular weight is 410 g/mol. The molecule has 2 aliphatic rings. The van der Waals surface area contributed by atoms with Crippen molar-refractivity contribution < 1.29 is 9.47 Å². The average Bonchev–Trinajstić information content (AvgIpc) is 2.84. The number of anilines is 1. The third-order valence-corrected chi connectivity index (χ3v) is 5.96. The molecule has 2 aliphatic heterocycles. The zero-order chi connectivity index (χ0) is 21.0. The first-order valence-corrected chi connectivity index (χ1v) is 11.0. The van der Waals surface area contributed by atoms with Gasteiger partial charge in [-0.05, 0) is 47.4 Å². The molecule has 0 bridgehead atoms. The van der Waals surface area contributed by atoms with Gasteiger partial charge in [-0.25, -0.2) is 0 Å². The van der Waals surface area contributed by atoms with Gasteiger partial charge >= 0.3 is 0 Å². The van der Waals surface area contributed by atoms with Crippen LogP contribution in [0.15, 0.2) is 85.2 Å². The first-order valence-electron chi connectivity index (χ1n) is 11.0. The molecule has 0 saturated heterocycles. The van der Waals surface area contributed by atoms with Crippen molar-refractivity contribution in [1.82, 2.24) is 0 Å². The third-order valence-electron chi connectivity index (χ3n) is 5.96. The Labute approximate surface area is 184 Å². The van der Waals surface area contributed by atoms with E-state index < -0.39 is 0 Å². The Balaban J connectivity index is 1.60. The topological polar surface area (TPSA) is 21.7 Å². The van der Waals surface area contributed by atoms with Gasteiger partial charge < -0.3 is 14.4 Å². The maximum atomic E-state index is 5.88. The molecular weight excluding hydrogens is 382 g/mol. The second-order valence-corrected chi connectivity index (χ2v) is 7.93. The zero-order valence-corrected chi connectivity index (χ0v) is 17.9. The first kappa shape index (κ1) is 19.5. The van der Waals surface area contributed by atoms with Gasteiger partial charge in [-0.1, -0.05) is 55.5 Å². The molecule has 0 aliphatic carbocycles. The number of rotatable bonds is 4. The van der Waals surface area contributed by atoms with Crippen LogP contribution in [0.25, 0.3) is 11.1 Å². The Morgan fingerprint density at radius 1 is 0.710 bits per heavy atom. The molecule has 5 rings (SSSR count). The predicted molar refractivity (Wildman–Crippen MR) is 127 cm³/mol. The highest BCUT2D eigenvalue weighted by atomic mass is 16.5. The molecule has 0 atom stereocenters. The van der Waals surface area contributed by atoms with Crippen molar-refractivity contribution in [1.29, 1.82) is 0 Å². The zero-order valence-electron chi connectivity index (χ0n) is 17.9. The van der Waals surface area contributed by atoms with Crippen LogP contribution in [0, 0.1) is 0 Å². The molecule has 3 aromatic carbocycles. The molecule has 3 heteroatoms. The summed E-state index contributed by atoms with van der Waals surface area (Å²) in [5.74, 6) is 1.93. The molecule has 0 aromatic heterocycles. The minimum Gasteiger partial charge on any atom is -0.493 e. The van der Waals surface area contributed by atoms with E-state index in [4.69, 9.17) is 9.47 Å². The van der Waals surface area contributed by atoms with Crippen molar-refractivity contribution in [3.63, 3.8) is 0 Å². The van der Waals surface area contributed by atoms with Crippen molar-refractivity contribution in [2.45, 2.75) is 26.2 Å². The molecule has 31 heavy (non-hydrogen) atoms. The fourth-order valence-corrected chi connectivity index (χ4v) is 4.22. The predicted octanol–water partition coefficient (Wildman–Crippen LogP) is 6.70. The number of benzene rings is 3. The molecule has 3 nitrogen and oxygen atoms in total. The molecule has 0 spiro atoms. The van der Waals surface area contributed by atoms with Crippen LogP contribution >= 0.6 is 0 Å². The highest BCUT2D eigenvalue weighted by Crippen LogP contribution is 2.36. The maximum absolute atomic E-state index is 5.88. The second-order valence-electron chi connectivity index (χ2n) is 7.93. The maximum Gasteiger partial charge on any atom is 0.126 e. The SMILES string of the molecule is CCc1ccc(N(C=C2CCOc3ccccc32)C=C2CCOc3ccccc32)cc1. The minimum atomic E-state index is 0.707. The summed E-state index contributed by atoms with van der Waals surface area (Å²) in [6, 6.07) is 25.5. The number of nitrogens with zero attached hydrogens (tertiary/aromatic N) is 1. The summed E-state index contributed by atoms with van der Waals surface area (Å²) < 4.78 is 11.8. The van der Waals surface area contributed by atoms with Crippen molar-refractivity contribution in [2.24, 2.45) is 0 Å². The molecule has 0 amide bonds. The monoisotopic (exact) mass is 409 g/mol. The quantitative estimate of drug-likeness (QED) is 0.478. The van der Waals surface area contributed by atoms with Crippen molar-refractivity contribution in [3.8, 4) is 11.5 Å². The largest absolute Gasteiger partial charge is 0.493 e. The van der Waals surface area contributed by atoms with Gasteiger partial charge in [-0.2, -0.15) is 0 Å². The Kier molecular flexibility index (Phi) is 5.49. The molecule has 0 N–H and O–H groups in total. The van der Waals surface area contributed by atoms with Crippen molar-refractivity contribution in [2.75, 3.05) is 18.1 Å². The Bertz CT molecular complexity index is 1060. The van der Waals surface area contributed by atoms with E-state index in [1.807, 2.05) is 12.1 Å². The summed E-state index contributed by atoms with van der Waals surface area (Å²) in [6.07, 6.45) is 7.37. The van der Waals surface area contributed by atoms with Gasteiger partial charge in [0, 0.05) is 42.1 Å². The number of hydrogen-bond donors (Lipinski definition) is 0. The summed E-state index contributed by atoms with van der Waals surface area (Å²) >= 11 is 0. The highest BCUT2D eigenvalue weighted by molar-refractivity contribution is 5.78. The van der Waals surface area contributed by atoms with Crippen LogP contribution in [0.3, 0.4) is 0 Å². The fraction of sp³-hybridized carbons (Fsp3) is 0.214. The minimum absolute atomic E-state index is 0.707. The van der Waals surface area contributed by atoms with E-state index >= 15 is 0 Å². The number of hydrogen-bond acceptors (Lipinski definition) is 3. The first-order chi connectivity index (χ1) is 15.3. The van der Waals surface area contributed by atoms with Crippen molar-refractivity contribution >= 4 is 16.8 Å². The van der Waals surface area contributed by atoms with Crippen LogP contribution in [0.4, 0.5) is 5.69 Å². The molecule has 0 saturated carbocycles. The summed E-state index contributed by atoms with van der Waals surface area (Å²) in [5, 5.41) is 0. The second kappa shape index (κ2) is 8.73. The van der Waals surface area contributed by atoms with E-state index in [1.54, 1.807) is 0 Å². The highest BCUT2D eigenvalue weighted by Gasteiger charge is 2.18. The molecule has 0 fully saturated rings. The lowest BCUT2D eigenvalue weighted by molar-refractivity contribution is 0.316. The van der Waals surface area contributed by atoms with Gasteiger partial charge in [-0.3, -0.25) is 0 Å². The smallest absolute Gasteiger partial charge is 0.126 e. The lowest BCUT2D eigenvalue weighted by atomic mass is 9.99. The van der Waals surface area contributed by atoms with E-state index in [-0.39, 0.29) is 0 Å².